The van der Waals surface area contributed by atoms with Gasteiger partial charge in [-0.25, -0.2) is 4.39 Å². The van der Waals surface area contributed by atoms with Gasteiger partial charge >= 0.3 is 0 Å². The Morgan fingerprint density at radius 3 is 2.52 bits per heavy atom. The number of halogens is 1. The standard InChI is InChI=1S/C17H25FN4O/c1-2-19-17(22-12-14-3-4-14)21-10-9-20-16(23)11-13-5-7-15(18)8-6-13/h5-8,14H,2-4,9-12H2,1H3,(H,20,23)(H2,19,21,22). The van der Waals surface area contributed by atoms with Crippen molar-refractivity contribution in [3.63, 3.8) is 0 Å². The molecule has 1 saturated carbocycles. The summed E-state index contributed by atoms with van der Waals surface area (Å²) in [6.45, 7) is 4.85. The van der Waals surface area contributed by atoms with E-state index in [2.05, 4.69) is 20.9 Å². The second kappa shape index (κ2) is 9.12. The Balaban J connectivity index is 1.63. The molecule has 126 valence electrons. The molecular weight excluding hydrogens is 295 g/mol. The molecule has 1 amide bonds. The van der Waals surface area contributed by atoms with E-state index in [4.69, 9.17) is 0 Å². The van der Waals surface area contributed by atoms with E-state index < -0.39 is 0 Å². The summed E-state index contributed by atoms with van der Waals surface area (Å²) in [5.41, 5.74) is 0.802. The first kappa shape index (κ1) is 17.2. The number of nitrogens with one attached hydrogen (secondary N) is 3. The second-order valence-electron chi connectivity index (χ2n) is 5.74. The molecule has 0 atom stereocenters. The van der Waals surface area contributed by atoms with Crippen LogP contribution in [0.1, 0.15) is 25.3 Å². The zero-order chi connectivity index (χ0) is 16.5. The summed E-state index contributed by atoms with van der Waals surface area (Å²) >= 11 is 0. The van der Waals surface area contributed by atoms with Gasteiger partial charge in [-0.15, -0.1) is 0 Å². The molecule has 23 heavy (non-hydrogen) atoms. The fourth-order valence-corrected chi connectivity index (χ4v) is 2.10. The SMILES string of the molecule is CCNC(=NCC1CC1)NCCNC(=O)Cc1ccc(F)cc1. The van der Waals surface area contributed by atoms with Crippen molar-refractivity contribution < 1.29 is 9.18 Å². The Bertz CT molecular complexity index is 526. The predicted molar refractivity (Wildman–Crippen MR) is 89.8 cm³/mol. The monoisotopic (exact) mass is 320 g/mol. The molecule has 0 saturated heterocycles. The van der Waals surface area contributed by atoms with Crippen LogP contribution in [0.2, 0.25) is 0 Å². The zero-order valence-electron chi connectivity index (χ0n) is 13.6. The number of aliphatic imine (C=N–C) groups is 1. The maximum absolute atomic E-state index is 12.8. The van der Waals surface area contributed by atoms with Crippen molar-refractivity contribution in [3.8, 4) is 0 Å². The number of amides is 1. The lowest BCUT2D eigenvalue weighted by Gasteiger charge is -2.11. The molecule has 0 radical (unpaired) electrons. The molecule has 2 rings (SSSR count). The van der Waals surface area contributed by atoms with Crippen LogP contribution >= 0.6 is 0 Å². The zero-order valence-corrected chi connectivity index (χ0v) is 13.6. The van der Waals surface area contributed by atoms with Crippen molar-refractivity contribution in [3.05, 3.63) is 35.6 Å². The summed E-state index contributed by atoms with van der Waals surface area (Å²) in [4.78, 5) is 16.3. The number of carbonyl (C=O) groups is 1. The Hall–Kier alpha value is -2.11. The Morgan fingerprint density at radius 1 is 1.17 bits per heavy atom. The largest absolute Gasteiger partial charge is 0.357 e. The molecule has 0 unspecified atom stereocenters. The minimum Gasteiger partial charge on any atom is -0.357 e. The van der Waals surface area contributed by atoms with Gasteiger partial charge in [-0.2, -0.15) is 0 Å². The third kappa shape index (κ3) is 7.13. The second-order valence-corrected chi connectivity index (χ2v) is 5.74. The van der Waals surface area contributed by atoms with Crippen LogP contribution in [0.5, 0.6) is 0 Å². The fourth-order valence-electron chi connectivity index (χ4n) is 2.10. The predicted octanol–water partition coefficient (Wildman–Crippen LogP) is 1.45. The third-order valence-corrected chi connectivity index (χ3v) is 3.57. The molecule has 0 aromatic heterocycles. The average Bonchev–Trinajstić information content (AvgIpc) is 3.35. The molecule has 0 spiro atoms. The summed E-state index contributed by atoms with van der Waals surface area (Å²) in [5.74, 6) is 1.19. The van der Waals surface area contributed by atoms with Crippen molar-refractivity contribution in [1.82, 2.24) is 16.0 Å². The number of nitrogens with zero attached hydrogens (tertiary/aromatic N) is 1. The van der Waals surface area contributed by atoms with Crippen LogP contribution < -0.4 is 16.0 Å². The van der Waals surface area contributed by atoms with Gasteiger partial charge in [0.25, 0.3) is 0 Å². The minimum atomic E-state index is -0.292. The number of guanidine groups is 1. The maximum atomic E-state index is 12.8. The fraction of sp³-hybridized carbons (Fsp3) is 0.529. The highest BCUT2D eigenvalue weighted by Crippen LogP contribution is 2.28. The lowest BCUT2D eigenvalue weighted by molar-refractivity contribution is -0.120. The van der Waals surface area contributed by atoms with Gasteiger partial charge in [0, 0.05) is 26.2 Å². The number of hydrogen-bond acceptors (Lipinski definition) is 2. The molecule has 6 heteroatoms. The molecule has 0 heterocycles. The van der Waals surface area contributed by atoms with E-state index in [1.165, 1.54) is 25.0 Å². The van der Waals surface area contributed by atoms with Crippen LogP contribution in [-0.2, 0) is 11.2 Å². The molecule has 1 aromatic carbocycles. The van der Waals surface area contributed by atoms with E-state index in [0.29, 0.717) is 13.1 Å². The van der Waals surface area contributed by atoms with Crippen LogP contribution in [0, 0.1) is 11.7 Å². The number of rotatable bonds is 8. The van der Waals surface area contributed by atoms with Crippen molar-refractivity contribution in [2.24, 2.45) is 10.9 Å². The lowest BCUT2D eigenvalue weighted by atomic mass is 10.1. The van der Waals surface area contributed by atoms with Crippen LogP contribution in [0.3, 0.4) is 0 Å². The molecule has 3 N–H and O–H groups in total. The van der Waals surface area contributed by atoms with Gasteiger partial charge in [-0.3, -0.25) is 9.79 Å². The quantitative estimate of drug-likeness (QED) is 0.386. The van der Waals surface area contributed by atoms with Crippen molar-refractivity contribution in [2.75, 3.05) is 26.2 Å². The summed E-state index contributed by atoms with van der Waals surface area (Å²) in [5, 5.41) is 9.24. The van der Waals surface area contributed by atoms with Gasteiger partial charge in [0.1, 0.15) is 5.82 Å². The van der Waals surface area contributed by atoms with Gasteiger partial charge < -0.3 is 16.0 Å². The van der Waals surface area contributed by atoms with E-state index in [1.54, 1.807) is 12.1 Å². The Labute approximate surface area is 136 Å². The van der Waals surface area contributed by atoms with E-state index in [1.807, 2.05) is 6.92 Å². The summed E-state index contributed by atoms with van der Waals surface area (Å²) in [6, 6.07) is 5.98. The molecule has 0 bridgehead atoms. The first-order chi connectivity index (χ1) is 11.2. The summed E-state index contributed by atoms with van der Waals surface area (Å²) < 4.78 is 12.8. The maximum Gasteiger partial charge on any atom is 0.224 e. The van der Waals surface area contributed by atoms with Crippen LogP contribution in [0.25, 0.3) is 0 Å². The molecule has 1 aliphatic rings. The normalized spacial score (nSPS) is 14.4. The van der Waals surface area contributed by atoms with Crippen molar-refractivity contribution in [1.29, 1.82) is 0 Å². The molecule has 1 aliphatic carbocycles. The number of benzene rings is 1. The topological polar surface area (TPSA) is 65.5 Å². The van der Waals surface area contributed by atoms with Gasteiger partial charge in [0.05, 0.1) is 6.42 Å². The smallest absolute Gasteiger partial charge is 0.224 e. The van der Waals surface area contributed by atoms with Gasteiger partial charge in [0.15, 0.2) is 5.96 Å². The average molecular weight is 320 g/mol. The first-order valence-electron chi connectivity index (χ1n) is 8.20. The highest BCUT2D eigenvalue weighted by Gasteiger charge is 2.20. The summed E-state index contributed by atoms with van der Waals surface area (Å²) in [6.07, 6.45) is 2.82. The molecule has 0 aliphatic heterocycles. The molecule has 1 fully saturated rings. The Morgan fingerprint density at radius 2 is 1.87 bits per heavy atom. The van der Waals surface area contributed by atoms with E-state index in [9.17, 15) is 9.18 Å². The third-order valence-electron chi connectivity index (χ3n) is 3.57. The van der Waals surface area contributed by atoms with E-state index in [-0.39, 0.29) is 18.1 Å². The van der Waals surface area contributed by atoms with Crippen molar-refractivity contribution >= 4 is 11.9 Å². The van der Waals surface area contributed by atoms with Crippen molar-refractivity contribution in [2.45, 2.75) is 26.2 Å². The highest BCUT2D eigenvalue weighted by atomic mass is 19.1. The molecule has 5 nitrogen and oxygen atoms in total. The van der Waals surface area contributed by atoms with Gasteiger partial charge in [-0.05, 0) is 43.4 Å². The lowest BCUT2D eigenvalue weighted by Crippen LogP contribution is -2.41. The Kier molecular flexibility index (Phi) is 6.84. The highest BCUT2D eigenvalue weighted by molar-refractivity contribution is 5.80. The van der Waals surface area contributed by atoms with Gasteiger partial charge in [-0.1, -0.05) is 12.1 Å². The molecule has 1 aromatic rings. The number of hydrogen-bond donors (Lipinski definition) is 3. The molecular formula is C17H25FN4O. The van der Waals surface area contributed by atoms with Crippen LogP contribution in [0.4, 0.5) is 4.39 Å². The summed E-state index contributed by atoms with van der Waals surface area (Å²) in [7, 11) is 0. The van der Waals surface area contributed by atoms with Crippen LogP contribution in [0.15, 0.2) is 29.3 Å². The number of carbonyl (C=O) groups excluding carboxylic acids is 1. The van der Waals surface area contributed by atoms with Crippen LogP contribution in [-0.4, -0.2) is 38.0 Å². The minimum absolute atomic E-state index is 0.0710. The van der Waals surface area contributed by atoms with E-state index >= 15 is 0 Å². The van der Waals surface area contributed by atoms with E-state index in [0.717, 1.165) is 30.5 Å². The first-order valence-corrected chi connectivity index (χ1v) is 8.20. The van der Waals surface area contributed by atoms with Gasteiger partial charge in [0.2, 0.25) is 5.91 Å².